The molecular formula is C14H21N5. The summed E-state index contributed by atoms with van der Waals surface area (Å²) in [6, 6.07) is 2.95. The average Bonchev–Trinajstić information content (AvgIpc) is 2.75. The van der Waals surface area contributed by atoms with Crippen LogP contribution in [-0.4, -0.2) is 27.3 Å². The Morgan fingerprint density at radius 1 is 1.26 bits per heavy atom. The number of hydrogen-bond acceptors (Lipinski definition) is 4. The highest BCUT2D eigenvalue weighted by Crippen LogP contribution is 2.27. The molecule has 5 heteroatoms. The van der Waals surface area contributed by atoms with Crippen molar-refractivity contribution in [3.63, 3.8) is 0 Å². The summed E-state index contributed by atoms with van der Waals surface area (Å²) in [6.45, 7) is 4.11. The summed E-state index contributed by atoms with van der Waals surface area (Å²) in [5.41, 5.74) is 9.04. The van der Waals surface area contributed by atoms with E-state index in [9.17, 15) is 0 Å². The second-order valence-electron chi connectivity index (χ2n) is 5.63. The Kier molecular flexibility index (Phi) is 3.14. The number of rotatable bonds is 2. The lowest BCUT2D eigenvalue weighted by atomic mass is 9.92. The monoisotopic (exact) mass is 259 g/mol. The Morgan fingerprint density at radius 3 is 2.74 bits per heavy atom. The number of nitrogens with two attached hydrogens (primary N) is 1. The molecular weight excluding hydrogens is 238 g/mol. The van der Waals surface area contributed by atoms with Crippen molar-refractivity contribution in [1.82, 2.24) is 15.2 Å². The molecule has 102 valence electrons. The molecule has 0 bridgehead atoms. The predicted molar refractivity (Wildman–Crippen MR) is 77.2 cm³/mol. The maximum atomic E-state index is 5.94. The van der Waals surface area contributed by atoms with Crippen LogP contribution in [0.1, 0.15) is 36.9 Å². The van der Waals surface area contributed by atoms with Crippen LogP contribution in [0.2, 0.25) is 0 Å². The first-order valence-electron chi connectivity index (χ1n) is 6.98. The molecule has 0 aliphatic heterocycles. The van der Waals surface area contributed by atoms with Crippen molar-refractivity contribution in [3.05, 3.63) is 17.3 Å². The molecule has 0 spiro atoms. The number of hydrogen-bond donors (Lipinski definition) is 3. The van der Waals surface area contributed by atoms with E-state index in [-0.39, 0.29) is 0 Å². The van der Waals surface area contributed by atoms with Gasteiger partial charge in [0.2, 0.25) is 0 Å². The molecule has 19 heavy (non-hydrogen) atoms. The second-order valence-corrected chi connectivity index (χ2v) is 5.63. The van der Waals surface area contributed by atoms with Gasteiger partial charge in [-0.05, 0) is 51.2 Å². The molecule has 2 heterocycles. The zero-order valence-electron chi connectivity index (χ0n) is 11.5. The highest BCUT2D eigenvalue weighted by atomic mass is 15.2. The Balaban J connectivity index is 1.85. The molecule has 4 N–H and O–H groups in total. The Bertz CT molecular complexity index is 581. The molecule has 2 aromatic rings. The minimum atomic E-state index is 0.375. The topological polar surface area (TPSA) is 79.6 Å². The van der Waals surface area contributed by atoms with E-state index < -0.39 is 0 Å². The van der Waals surface area contributed by atoms with Gasteiger partial charge in [-0.3, -0.25) is 5.10 Å². The Hall–Kier alpha value is -1.62. The quantitative estimate of drug-likeness (QED) is 0.773. The van der Waals surface area contributed by atoms with Crippen LogP contribution in [0.25, 0.3) is 11.0 Å². The molecule has 1 saturated carbocycles. The Labute approximate surface area is 113 Å². The van der Waals surface area contributed by atoms with E-state index in [0.717, 1.165) is 48.2 Å². The van der Waals surface area contributed by atoms with Crippen molar-refractivity contribution < 1.29 is 0 Å². The van der Waals surface area contributed by atoms with Crippen LogP contribution in [0.4, 0.5) is 5.82 Å². The van der Waals surface area contributed by atoms with Crippen LogP contribution in [0, 0.1) is 13.8 Å². The van der Waals surface area contributed by atoms with Gasteiger partial charge in [0, 0.05) is 17.8 Å². The van der Waals surface area contributed by atoms with Gasteiger partial charge in [0.05, 0.1) is 5.39 Å². The predicted octanol–water partition coefficient (Wildman–Crippen LogP) is 2.26. The summed E-state index contributed by atoms with van der Waals surface area (Å²) < 4.78 is 0. The Morgan fingerprint density at radius 2 is 2.00 bits per heavy atom. The van der Waals surface area contributed by atoms with Gasteiger partial charge in [0.15, 0.2) is 11.5 Å². The first-order valence-corrected chi connectivity index (χ1v) is 6.98. The molecule has 0 amide bonds. The summed E-state index contributed by atoms with van der Waals surface area (Å²) in [7, 11) is 0. The van der Waals surface area contributed by atoms with Gasteiger partial charge < -0.3 is 11.1 Å². The fraction of sp³-hybridized carbons (Fsp3) is 0.571. The maximum Gasteiger partial charge on any atom is 0.157 e. The summed E-state index contributed by atoms with van der Waals surface area (Å²) in [4.78, 5) is 4.48. The normalized spacial score (nSPS) is 23.7. The van der Waals surface area contributed by atoms with E-state index in [1.807, 2.05) is 6.92 Å². The lowest BCUT2D eigenvalue weighted by molar-refractivity contribution is 0.410. The van der Waals surface area contributed by atoms with Crippen molar-refractivity contribution >= 4 is 16.9 Å². The number of nitrogens with zero attached hydrogens (tertiary/aromatic N) is 2. The number of fused-ring (bicyclic) bond motifs is 1. The zero-order chi connectivity index (χ0) is 13.4. The van der Waals surface area contributed by atoms with Gasteiger partial charge in [-0.2, -0.15) is 5.10 Å². The molecule has 1 aliphatic carbocycles. The molecule has 3 rings (SSSR count). The number of anilines is 1. The summed E-state index contributed by atoms with van der Waals surface area (Å²) in [6.07, 6.45) is 4.43. The number of aromatic nitrogens is 3. The molecule has 2 aromatic heterocycles. The van der Waals surface area contributed by atoms with E-state index in [2.05, 4.69) is 33.5 Å². The van der Waals surface area contributed by atoms with Gasteiger partial charge in [-0.15, -0.1) is 0 Å². The fourth-order valence-electron chi connectivity index (χ4n) is 2.94. The van der Waals surface area contributed by atoms with Gasteiger partial charge >= 0.3 is 0 Å². The third-order valence-electron chi connectivity index (χ3n) is 3.97. The zero-order valence-corrected chi connectivity index (χ0v) is 11.5. The van der Waals surface area contributed by atoms with Crippen LogP contribution in [0.15, 0.2) is 6.07 Å². The minimum Gasteiger partial charge on any atom is -0.365 e. The lowest BCUT2D eigenvalue weighted by Gasteiger charge is -2.26. The van der Waals surface area contributed by atoms with Crippen molar-refractivity contribution in [2.45, 2.75) is 51.6 Å². The van der Waals surface area contributed by atoms with Crippen molar-refractivity contribution in [2.75, 3.05) is 5.32 Å². The van der Waals surface area contributed by atoms with Crippen LogP contribution in [-0.2, 0) is 0 Å². The first kappa shape index (κ1) is 12.4. The van der Waals surface area contributed by atoms with Gasteiger partial charge in [-0.1, -0.05) is 0 Å². The number of nitrogens with one attached hydrogen (secondary N) is 2. The van der Waals surface area contributed by atoms with Gasteiger partial charge in [-0.25, -0.2) is 4.98 Å². The highest BCUT2D eigenvalue weighted by Gasteiger charge is 2.20. The van der Waals surface area contributed by atoms with Crippen LogP contribution < -0.4 is 11.1 Å². The summed E-state index contributed by atoms with van der Waals surface area (Å²) in [5.74, 6) is 0.931. The lowest BCUT2D eigenvalue weighted by Crippen LogP contribution is -2.32. The molecule has 1 fully saturated rings. The van der Waals surface area contributed by atoms with Gasteiger partial charge in [0.1, 0.15) is 0 Å². The van der Waals surface area contributed by atoms with E-state index in [0.29, 0.717) is 12.1 Å². The number of aromatic amines is 1. The molecule has 0 aromatic carbocycles. The van der Waals surface area contributed by atoms with E-state index >= 15 is 0 Å². The summed E-state index contributed by atoms with van der Waals surface area (Å²) >= 11 is 0. The fourth-order valence-corrected chi connectivity index (χ4v) is 2.94. The molecule has 5 nitrogen and oxygen atoms in total. The summed E-state index contributed by atoms with van der Waals surface area (Å²) in [5, 5.41) is 12.1. The molecule has 1 aliphatic rings. The van der Waals surface area contributed by atoms with Crippen molar-refractivity contribution in [2.24, 2.45) is 5.73 Å². The number of aryl methyl sites for hydroxylation is 2. The van der Waals surface area contributed by atoms with Crippen LogP contribution in [0.3, 0.4) is 0 Å². The standard InChI is InChI=1S/C14H21N5/c1-8-7-9(2)16-13-12(8)14(19-18-13)17-11-5-3-10(15)4-6-11/h7,10-11H,3-6,15H2,1-2H3,(H2,16,17,18,19). The van der Waals surface area contributed by atoms with Crippen molar-refractivity contribution in [3.8, 4) is 0 Å². The average molecular weight is 259 g/mol. The molecule has 0 unspecified atom stereocenters. The maximum absolute atomic E-state index is 5.94. The number of H-pyrrole nitrogens is 1. The molecule has 0 saturated heterocycles. The van der Waals surface area contributed by atoms with Crippen LogP contribution >= 0.6 is 0 Å². The third-order valence-corrected chi connectivity index (χ3v) is 3.97. The first-order chi connectivity index (χ1) is 9.13. The van der Waals surface area contributed by atoms with E-state index in [4.69, 9.17) is 5.73 Å². The number of pyridine rings is 1. The minimum absolute atomic E-state index is 0.375. The largest absolute Gasteiger partial charge is 0.365 e. The smallest absolute Gasteiger partial charge is 0.157 e. The third kappa shape index (κ3) is 2.42. The van der Waals surface area contributed by atoms with E-state index in [1.54, 1.807) is 0 Å². The second kappa shape index (κ2) is 4.81. The van der Waals surface area contributed by atoms with Crippen LogP contribution in [0.5, 0.6) is 0 Å². The SMILES string of the molecule is Cc1cc(C)c2c(NC3CCC(N)CC3)n[nH]c2n1. The molecule has 0 atom stereocenters. The molecule has 0 radical (unpaired) electrons. The highest BCUT2D eigenvalue weighted by molar-refractivity contribution is 5.90. The van der Waals surface area contributed by atoms with Gasteiger partial charge in [0.25, 0.3) is 0 Å². The van der Waals surface area contributed by atoms with Crippen molar-refractivity contribution in [1.29, 1.82) is 0 Å². The van der Waals surface area contributed by atoms with E-state index in [1.165, 1.54) is 5.56 Å².